The summed E-state index contributed by atoms with van der Waals surface area (Å²) in [5.41, 5.74) is -0.779. The third-order valence-corrected chi connectivity index (χ3v) is 7.04. The smallest absolute Gasteiger partial charge is 0.332 e. The number of halogens is 1. The fourth-order valence-corrected chi connectivity index (χ4v) is 5.23. The molecule has 34 heavy (non-hydrogen) atoms. The van der Waals surface area contributed by atoms with Gasteiger partial charge in [-0.25, -0.2) is 13.8 Å². The summed E-state index contributed by atoms with van der Waals surface area (Å²) < 4.78 is 17.5. The summed E-state index contributed by atoms with van der Waals surface area (Å²) >= 11 is 0. The lowest BCUT2D eigenvalue weighted by atomic mass is 9.95. The van der Waals surface area contributed by atoms with E-state index in [-0.39, 0.29) is 23.2 Å². The zero-order valence-electron chi connectivity index (χ0n) is 19.3. The van der Waals surface area contributed by atoms with Gasteiger partial charge in [-0.1, -0.05) is 32.1 Å². The van der Waals surface area contributed by atoms with Crippen molar-refractivity contribution in [2.24, 2.45) is 0 Å². The second-order valence-electron chi connectivity index (χ2n) is 9.38. The zero-order valence-corrected chi connectivity index (χ0v) is 19.3. The largest absolute Gasteiger partial charge is 0.480 e. The molecule has 2 aliphatic carbocycles. The lowest BCUT2D eigenvalue weighted by Crippen LogP contribution is -2.47. The van der Waals surface area contributed by atoms with Crippen LogP contribution in [0.25, 0.3) is 10.9 Å². The van der Waals surface area contributed by atoms with Crippen LogP contribution in [-0.2, 0) is 9.59 Å². The average Bonchev–Trinajstić information content (AvgIpc) is 3.34. The van der Waals surface area contributed by atoms with Crippen LogP contribution in [0.2, 0.25) is 0 Å². The first kappa shape index (κ1) is 24.0. The fraction of sp³-hybridized carbons (Fsp3) is 0.583. The Morgan fingerprint density at radius 2 is 1.74 bits per heavy atom. The van der Waals surface area contributed by atoms with Gasteiger partial charge in [-0.15, -0.1) is 0 Å². The van der Waals surface area contributed by atoms with Crippen molar-refractivity contribution in [2.45, 2.75) is 82.8 Å². The van der Waals surface area contributed by atoms with E-state index in [1.165, 1.54) is 11.5 Å². The highest BCUT2D eigenvalue weighted by Crippen LogP contribution is 2.32. The molecule has 4 rings (SSSR count). The van der Waals surface area contributed by atoms with E-state index in [0.717, 1.165) is 68.4 Å². The van der Waals surface area contributed by atoms with Gasteiger partial charge in [0.1, 0.15) is 18.4 Å². The monoisotopic (exact) mass is 474 g/mol. The molecule has 10 heteroatoms. The van der Waals surface area contributed by atoms with Crippen LogP contribution in [0.5, 0.6) is 0 Å². The maximum Gasteiger partial charge on any atom is 0.332 e. The molecule has 1 aromatic carbocycles. The summed E-state index contributed by atoms with van der Waals surface area (Å²) in [7, 11) is 0. The van der Waals surface area contributed by atoms with Crippen molar-refractivity contribution in [3.05, 3.63) is 38.8 Å². The van der Waals surface area contributed by atoms with E-state index in [9.17, 15) is 19.2 Å². The normalized spacial score (nSPS) is 18.2. The number of carboxylic acid groups (broad SMARTS) is 1. The Labute approximate surface area is 196 Å². The molecule has 2 aromatic rings. The number of hydrogen-bond acceptors (Lipinski definition) is 5. The Bertz CT molecular complexity index is 1210. The van der Waals surface area contributed by atoms with Crippen molar-refractivity contribution in [1.29, 1.82) is 0 Å². The van der Waals surface area contributed by atoms with Gasteiger partial charge in [-0.2, -0.15) is 0 Å². The number of amides is 1. The van der Waals surface area contributed by atoms with Crippen LogP contribution >= 0.6 is 0 Å². The maximum atomic E-state index is 15.1. The minimum Gasteiger partial charge on any atom is -0.480 e. The highest BCUT2D eigenvalue weighted by molar-refractivity contribution is 5.85. The van der Waals surface area contributed by atoms with Gasteiger partial charge >= 0.3 is 11.7 Å². The number of carboxylic acids is 1. The zero-order chi connectivity index (χ0) is 24.4. The number of nitrogens with one attached hydrogen (secondary N) is 2. The quantitative estimate of drug-likeness (QED) is 0.567. The van der Waals surface area contributed by atoms with Gasteiger partial charge in [0.2, 0.25) is 5.91 Å². The number of aromatic nitrogens is 2. The van der Waals surface area contributed by atoms with Gasteiger partial charge in [0.05, 0.1) is 16.6 Å². The maximum absolute atomic E-state index is 15.1. The molecular weight excluding hydrogens is 443 g/mol. The minimum atomic E-state index is -1.25. The highest BCUT2D eigenvalue weighted by atomic mass is 19.1. The second kappa shape index (κ2) is 9.99. The van der Waals surface area contributed by atoms with Crippen molar-refractivity contribution in [2.75, 3.05) is 11.9 Å². The van der Waals surface area contributed by atoms with Gasteiger partial charge in [0, 0.05) is 12.1 Å². The molecule has 0 unspecified atom stereocenters. The van der Waals surface area contributed by atoms with Crippen molar-refractivity contribution in [1.82, 2.24) is 14.5 Å². The number of fused-ring (bicyclic) bond motifs is 1. The number of hydrogen-bond donors (Lipinski definition) is 3. The van der Waals surface area contributed by atoms with Crippen LogP contribution in [0.1, 0.15) is 76.8 Å². The van der Waals surface area contributed by atoms with Gasteiger partial charge in [0.25, 0.3) is 5.56 Å². The van der Waals surface area contributed by atoms with E-state index >= 15 is 4.39 Å². The molecule has 2 aliphatic rings. The molecule has 0 aliphatic heterocycles. The molecule has 2 fully saturated rings. The van der Waals surface area contributed by atoms with E-state index in [2.05, 4.69) is 10.6 Å². The van der Waals surface area contributed by atoms with Gasteiger partial charge in [0.15, 0.2) is 0 Å². The molecule has 3 N–H and O–H groups in total. The van der Waals surface area contributed by atoms with Crippen LogP contribution in [0.15, 0.2) is 21.7 Å². The van der Waals surface area contributed by atoms with Crippen molar-refractivity contribution < 1.29 is 19.1 Å². The second-order valence-corrected chi connectivity index (χ2v) is 9.38. The first-order chi connectivity index (χ1) is 16.3. The summed E-state index contributed by atoms with van der Waals surface area (Å²) in [6, 6.07) is 1.43. The number of benzene rings is 1. The number of nitrogens with zero attached hydrogens (tertiary/aromatic N) is 2. The molecular formula is C24H31FN4O5. The average molecular weight is 475 g/mol. The third-order valence-electron chi connectivity index (χ3n) is 7.04. The molecule has 1 aromatic heterocycles. The van der Waals surface area contributed by atoms with Crippen molar-refractivity contribution >= 4 is 28.5 Å². The number of carbonyl (C=O) groups is 2. The van der Waals surface area contributed by atoms with Gasteiger partial charge < -0.3 is 15.7 Å². The Hall–Kier alpha value is -3.17. The summed E-state index contributed by atoms with van der Waals surface area (Å²) in [6.45, 7) is 0.729. The third kappa shape index (κ3) is 4.71. The van der Waals surface area contributed by atoms with E-state index in [4.69, 9.17) is 5.11 Å². The molecule has 1 heterocycles. The van der Waals surface area contributed by atoms with E-state index in [1.54, 1.807) is 6.07 Å². The molecule has 0 saturated heterocycles. The van der Waals surface area contributed by atoms with Crippen molar-refractivity contribution in [3.8, 4) is 0 Å². The number of anilines is 1. The molecule has 9 nitrogen and oxygen atoms in total. The summed E-state index contributed by atoms with van der Waals surface area (Å²) in [6.07, 6.45) is 8.55. The molecule has 0 spiro atoms. The first-order valence-electron chi connectivity index (χ1n) is 12.0. The predicted octanol–water partition coefficient (Wildman–Crippen LogP) is 2.92. The standard InChI is InChI=1S/C24H31FN4O5/c1-14(22(32)26-13-21(30)31)28-23(33)17-11-18(25)19(27-15-7-3-2-4-8-15)12-20(17)29(24(28)34)16-9-5-6-10-16/h11-12,14-16,27H,2-10,13H2,1H3,(H,26,32)(H,30,31)/t14-/m0/s1. The lowest BCUT2D eigenvalue weighted by Gasteiger charge is -2.25. The Kier molecular flexibility index (Phi) is 7.04. The minimum absolute atomic E-state index is 0.0241. The van der Waals surface area contributed by atoms with Crippen LogP contribution in [0.4, 0.5) is 10.1 Å². The summed E-state index contributed by atoms with van der Waals surface area (Å²) in [4.78, 5) is 50.2. The van der Waals surface area contributed by atoms with E-state index in [1.807, 2.05) is 0 Å². The van der Waals surface area contributed by atoms with Crippen LogP contribution in [-0.4, -0.2) is 38.7 Å². The van der Waals surface area contributed by atoms with E-state index < -0.39 is 41.5 Å². The summed E-state index contributed by atoms with van der Waals surface area (Å²) in [5.74, 6) is -2.59. The predicted molar refractivity (Wildman–Crippen MR) is 126 cm³/mol. The SMILES string of the molecule is C[C@@H](C(=O)NCC(=O)O)n1c(=O)c2cc(F)c(NC3CCCCC3)cc2n(C2CCCC2)c1=O. The molecule has 184 valence electrons. The van der Waals surface area contributed by atoms with Crippen LogP contribution in [0.3, 0.4) is 0 Å². The molecule has 2 saturated carbocycles. The fourth-order valence-electron chi connectivity index (χ4n) is 5.23. The molecule has 1 atom stereocenters. The number of rotatable bonds is 7. The number of carbonyl (C=O) groups excluding carboxylic acids is 1. The Morgan fingerprint density at radius 1 is 1.09 bits per heavy atom. The molecule has 1 amide bonds. The summed E-state index contributed by atoms with van der Waals surface area (Å²) in [5, 5.41) is 14.3. The first-order valence-corrected chi connectivity index (χ1v) is 12.0. The topological polar surface area (TPSA) is 122 Å². The highest BCUT2D eigenvalue weighted by Gasteiger charge is 2.28. The van der Waals surface area contributed by atoms with Gasteiger partial charge in [-0.3, -0.25) is 19.0 Å². The van der Waals surface area contributed by atoms with Crippen LogP contribution < -0.4 is 21.9 Å². The Morgan fingerprint density at radius 3 is 2.38 bits per heavy atom. The Balaban J connectivity index is 1.84. The van der Waals surface area contributed by atoms with E-state index in [0.29, 0.717) is 5.52 Å². The van der Waals surface area contributed by atoms with Gasteiger partial charge in [-0.05, 0) is 44.7 Å². The lowest BCUT2D eigenvalue weighted by molar-refractivity contribution is -0.138. The van der Waals surface area contributed by atoms with Crippen LogP contribution in [0, 0.1) is 5.82 Å². The number of aliphatic carboxylic acids is 1. The molecule has 0 radical (unpaired) electrons. The molecule has 0 bridgehead atoms. The van der Waals surface area contributed by atoms with Crippen molar-refractivity contribution in [3.63, 3.8) is 0 Å².